The molecule has 2 N–H and O–H groups in total. The van der Waals surface area contributed by atoms with Gasteiger partial charge in [-0.3, -0.25) is 9.59 Å². The second kappa shape index (κ2) is 18.3. The summed E-state index contributed by atoms with van der Waals surface area (Å²) in [6, 6.07) is 0. The Balaban J connectivity index is 3.85. The zero-order valence-electron chi connectivity index (χ0n) is 22.4. The van der Waals surface area contributed by atoms with Gasteiger partial charge >= 0.3 is 0 Å². The highest BCUT2D eigenvalue weighted by molar-refractivity contribution is 5.77. The number of quaternary nitrogens is 2. The predicted octanol–water partition coefficient (Wildman–Crippen LogP) is 4.09. The SMILES string of the molecule is CCCCCCNC(=O)C[N+](C)(C)CCCCCC[N+](C)(C)CC(=O)NCCCCCC. The summed E-state index contributed by atoms with van der Waals surface area (Å²) in [6.45, 7) is 9.20. The molecule has 0 atom stereocenters. The maximum absolute atomic E-state index is 12.2. The van der Waals surface area contributed by atoms with Crippen LogP contribution >= 0.6 is 0 Å². The van der Waals surface area contributed by atoms with Crippen LogP contribution in [-0.4, -0.2) is 88.2 Å². The van der Waals surface area contributed by atoms with E-state index in [1.807, 2.05) is 0 Å². The van der Waals surface area contributed by atoms with E-state index < -0.39 is 0 Å². The molecular formula is C26H56N4O2+2. The number of hydrogen-bond donors (Lipinski definition) is 2. The number of nitrogens with one attached hydrogen (secondary N) is 2. The number of carbonyl (C=O) groups excluding carboxylic acids is 2. The van der Waals surface area contributed by atoms with E-state index in [0.29, 0.717) is 13.1 Å². The Labute approximate surface area is 199 Å². The van der Waals surface area contributed by atoms with Gasteiger partial charge < -0.3 is 19.6 Å². The van der Waals surface area contributed by atoms with E-state index in [2.05, 4.69) is 52.7 Å². The molecule has 0 saturated heterocycles. The molecular weight excluding hydrogens is 400 g/mol. The summed E-state index contributed by atoms with van der Waals surface area (Å²) in [5, 5.41) is 6.15. The normalized spacial score (nSPS) is 12.1. The lowest BCUT2D eigenvalue weighted by Gasteiger charge is -2.30. The van der Waals surface area contributed by atoms with Gasteiger partial charge in [0.1, 0.15) is 0 Å². The van der Waals surface area contributed by atoms with Gasteiger partial charge in [-0.1, -0.05) is 52.4 Å². The van der Waals surface area contributed by atoms with Gasteiger partial charge in [-0.15, -0.1) is 0 Å². The first kappa shape index (κ1) is 30.9. The van der Waals surface area contributed by atoms with Crippen LogP contribution in [0.1, 0.15) is 90.9 Å². The van der Waals surface area contributed by atoms with Crippen LogP contribution in [0.5, 0.6) is 0 Å². The van der Waals surface area contributed by atoms with E-state index in [4.69, 9.17) is 0 Å². The third kappa shape index (κ3) is 19.5. The molecule has 6 nitrogen and oxygen atoms in total. The fourth-order valence-electron chi connectivity index (χ4n) is 4.04. The van der Waals surface area contributed by atoms with Crippen molar-refractivity contribution in [3.63, 3.8) is 0 Å². The maximum atomic E-state index is 12.2. The van der Waals surface area contributed by atoms with Crippen molar-refractivity contribution in [2.24, 2.45) is 0 Å². The second-order valence-corrected chi connectivity index (χ2v) is 10.9. The van der Waals surface area contributed by atoms with Crippen molar-refractivity contribution in [1.29, 1.82) is 0 Å². The van der Waals surface area contributed by atoms with Crippen molar-refractivity contribution >= 4 is 11.8 Å². The molecule has 0 aromatic heterocycles. The standard InChI is InChI=1S/C26H54N4O2/c1-7-9-11-15-19-27-25(31)23-29(3,4)21-17-13-14-18-22-30(5,6)24-26(32)28-20-16-12-10-8-2/h7-24H2,1-6H3/p+2. The molecule has 0 aliphatic rings. The Morgan fingerprint density at radius 2 is 0.875 bits per heavy atom. The molecule has 0 aliphatic heterocycles. The predicted molar refractivity (Wildman–Crippen MR) is 136 cm³/mol. The number of unbranched alkanes of at least 4 members (excludes halogenated alkanes) is 9. The first-order valence-corrected chi connectivity index (χ1v) is 13.3. The Kier molecular flexibility index (Phi) is 17.7. The lowest BCUT2D eigenvalue weighted by atomic mass is 10.1. The molecule has 32 heavy (non-hydrogen) atoms. The monoisotopic (exact) mass is 456 g/mol. The molecule has 0 saturated carbocycles. The lowest BCUT2D eigenvalue weighted by Crippen LogP contribution is -2.48. The summed E-state index contributed by atoms with van der Waals surface area (Å²) in [6.07, 6.45) is 14.2. The first-order valence-electron chi connectivity index (χ1n) is 13.3. The van der Waals surface area contributed by atoms with Crippen LogP contribution in [-0.2, 0) is 9.59 Å². The molecule has 0 aromatic carbocycles. The molecule has 0 bridgehead atoms. The molecule has 0 rings (SSSR count). The van der Waals surface area contributed by atoms with Gasteiger partial charge in [0.25, 0.3) is 11.8 Å². The molecule has 0 heterocycles. The summed E-state index contributed by atoms with van der Waals surface area (Å²) in [5.74, 6) is 0.350. The number of hydrogen-bond acceptors (Lipinski definition) is 2. The van der Waals surface area contributed by atoms with E-state index in [0.717, 1.165) is 60.8 Å². The Hall–Kier alpha value is -1.14. The Morgan fingerprint density at radius 1 is 0.531 bits per heavy atom. The molecule has 0 radical (unpaired) electrons. The van der Waals surface area contributed by atoms with Crippen molar-refractivity contribution in [3.8, 4) is 0 Å². The minimum Gasteiger partial charge on any atom is -0.351 e. The second-order valence-electron chi connectivity index (χ2n) is 10.9. The molecule has 190 valence electrons. The van der Waals surface area contributed by atoms with E-state index >= 15 is 0 Å². The third-order valence-electron chi connectivity index (χ3n) is 6.13. The molecule has 2 amide bonds. The van der Waals surface area contributed by atoms with Crippen LogP contribution in [0.15, 0.2) is 0 Å². The highest BCUT2D eigenvalue weighted by Gasteiger charge is 2.21. The van der Waals surface area contributed by atoms with Crippen LogP contribution in [0.4, 0.5) is 0 Å². The minimum atomic E-state index is 0.175. The lowest BCUT2D eigenvalue weighted by molar-refractivity contribution is -0.883. The Morgan fingerprint density at radius 3 is 1.22 bits per heavy atom. The van der Waals surface area contributed by atoms with Crippen LogP contribution < -0.4 is 10.6 Å². The summed E-state index contributed by atoms with van der Waals surface area (Å²) in [7, 11) is 8.60. The van der Waals surface area contributed by atoms with Crippen LogP contribution in [0.25, 0.3) is 0 Å². The van der Waals surface area contributed by atoms with Crippen LogP contribution in [0.3, 0.4) is 0 Å². The fraction of sp³-hybridized carbons (Fsp3) is 0.923. The van der Waals surface area contributed by atoms with E-state index in [1.165, 1.54) is 51.4 Å². The van der Waals surface area contributed by atoms with E-state index in [-0.39, 0.29) is 11.8 Å². The summed E-state index contributed by atoms with van der Waals surface area (Å²) >= 11 is 0. The van der Waals surface area contributed by atoms with E-state index in [1.54, 1.807) is 0 Å². The van der Waals surface area contributed by atoms with Crippen molar-refractivity contribution in [2.75, 3.05) is 67.5 Å². The minimum absolute atomic E-state index is 0.175. The van der Waals surface area contributed by atoms with Crippen molar-refractivity contribution in [1.82, 2.24) is 10.6 Å². The average molecular weight is 457 g/mol. The van der Waals surface area contributed by atoms with Gasteiger partial charge in [-0.2, -0.15) is 0 Å². The summed E-state index contributed by atoms with van der Waals surface area (Å²) in [4.78, 5) is 24.4. The summed E-state index contributed by atoms with van der Waals surface area (Å²) < 4.78 is 1.50. The summed E-state index contributed by atoms with van der Waals surface area (Å²) in [5.41, 5.74) is 0. The largest absolute Gasteiger partial charge is 0.351 e. The number of likely N-dealkylation sites (N-methyl/N-ethyl adjacent to an activating group) is 2. The van der Waals surface area contributed by atoms with Gasteiger partial charge in [-0.05, 0) is 38.5 Å². The number of carbonyl (C=O) groups is 2. The maximum Gasteiger partial charge on any atom is 0.275 e. The van der Waals surface area contributed by atoms with Gasteiger partial charge in [-0.25, -0.2) is 0 Å². The quantitative estimate of drug-likeness (QED) is 0.202. The zero-order chi connectivity index (χ0) is 24.3. The first-order chi connectivity index (χ1) is 15.1. The smallest absolute Gasteiger partial charge is 0.275 e. The topological polar surface area (TPSA) is 58.2 Å². The zero-order valence-corrected chi connectivity index (χ0v) is 22.4. The number of amides is 2. The fourth-order valence-corrected chi connectivity index (χ4v) is 4.04. The number of nitrogens with zero attached hydrogens (tertiary/aromatic N) is 2. The molecule has 0 spiro atoms. The highest BCUT2D eigenvalue weighted by Crippen LogP contribution is 2.08. The van der Waals surface area contributed by atoms with Crippen LogP contribution in [0.2, 0.25) is 0 Å². The average Bonchev–Trinajstić information content (AvgIpc) is 2.69. The molecule has 0 unspecified atom stereocenters. The van der Waals surface area contributed by atoms with Crippen molar-refractivity contribution < 1.29 is 18.6 Å². The molecule has 0 aliphatic carbocycles. The number of rotatable bonds is 21. The van der Waals surface area contributed by atoms with Gasteiger partial charge in [0.05, 0.1) is 41.3 Å². The molecule has 6 heteroatoms. The van der Waals surface area contributed by atoms with Gasteiger partial charge in [0, 0.05) is 13.1 Å². The molecule has 0 fully saturated rings. The van der Waals surface area contributed by atoms with Crippen LogP contribution in [0, 0.1) is 0 Å². The van der Waals surface area contributed by atoms with Gasteiger partial charge in [0.15, 0.2) is 13.1 Å². The third-order valence-corrected chi connectivity index (χ3v) is 6.13. The van der Waals surface area contributed by atoms with Crippen molar-refractivity contribution in [2.45, 2.75) is 90.9 Å². The van der Waals surface area contributed by atoms with Gasteiger partial charge in [0.2, 0.25) is 0 Å². The highest BCUT2D eigenvalue weighted by atomic mass is 16.2. The van der Waals surface area contributed by atoms with E-state index in [9.17, 15) is 9.59 Å². The van der Waals surface area contributed by atoms with Crippen molar-refractivity contribution in [3.05, 3.63) is 0 Å². The Bertz CT molecular complexity index is 448. The molecule has 0 aromatic rings.